The van der Waals surface area contributed by atoms with E-state index < -0.39 is 0 Å². The zero-order valence-corrected chi connectivity index (χ0v) is 20.4. The lowest BCUT2D eigenvalue weighted by molar-refractivity contribution is -0.122. The summed E-state index contributed by atoms with van der Waals surface area (Å²) in [6, 6.07) is 36.0. The SMILES string of the molecule is O=C(CCCC(=O)NN=Cc1ccc(-c2ccccc2)cc1)NN=Cc1ccc(-c2ccccc2)cc1. The Morgan fingerprint density at radius 3 is 1.24 bits per heavy atom. The van der Waals surface area contributed by atoms with E-state index in [1.54, 1.807) is 12.4 Å². The first-order valence-electron chi connectivity index (χ1n) is 12.1. The number of rotatable bonds is 10. The molecule has 0 bridgehead atoms. The third-order valence-electron chi connectivity index (χ3n) is 5.65. The molecule has 0 radical (unpaired) electrons. The van der Waals surface area contributed by atoms with Crippen LogP contribution >= 0.6 is 0 Å². The Bertz CT molecular complexity index is 1240. The topological polar surface area (TPSA) is 82.9 Å². The Hall–Kier alpha value is -4.84. The van der Waals surface area contributed by atoms with Crippen molar-refractivity contribution in [2.75, 3.05) is 0 Å². The smallest absolute Gasteiger partial charge is 0.240 e. The van der Waals surface area contributed by atoms with Crippen LogP contribution in [-0.2, 0) is 9.59 Å². The number of carbonyl (C=O) groups excluding carboxylic acids is 2. The molecule has 184 valence electrons. The molecule has 4 rings (SSSR count). The monoisotopic (exact) mass is 488 g/mol. The first-order chi connectivity index (χ1) is 18.2. The van der Waals surface area contributed by atoms with Gasteiger partial charge in [0.2, 0.25) is 11.8 Å². The van der Waals surface area contributed by atoms with E-state index in [9.17, 15) is 9.59 Å². The van der Waals surface area contributed by atoms with Crippen LogP contribution in [0.4, 0.5) is 0 Å². The average Bonchev–Trinajstić information content (AvgIpc) is 2.95. The lowest BCUT2D eigenvalue weighted by Gasteiger charge is -2.03. The number of hydrogen-bond donors (Lipinski definition) is 2. The summed E-state index contributed by atoms with van der Waals surface area (Å²) >= 11 is 0. The van der Waals surface area contributed by atoms with Gasteiger partial charge in [-0.15, -0.1) is 0 Å². The summed E-state index contributed by atoms with van der Waals surface area (Å²) in [4.78, 5) is 24.0. The fourth-order valence-electron chi connectivity index (χ4n) is 3.66. The number of nitrogens with one attached hydrogen (secondary N) is 2. The Labute approximate surface area is 216 Å². The summed E-state index contributed by atoms with van der Waals surface area (Å²) in [5.74, 6) is -0.487. The molecule has 0 spiro atoms. The Kier molecular flexibility index (Phi) is 9.08. The van der Waals surface area contributed by atoms with Gasteiger partial charge in [-0.3, -0.25) is 9.59 Å². The van der Waals surface area contributed by atoms with E-state index in [0.29, 0.717) is 6.42 Å². The minimum atomic E-state index is -0.244. The molecule has 0 aliphatic carbocycles. The number of nitrogens with zero attached hydrogens (tertiary/aromatic N) is 2. The van der Waals surface area contributed by atoms with Gasteiger partial charge in [-0.1, -0.05) is 109 Å². The number of amides is 2. The highest BCUT2D eigenvalue weighted by Gasteiger charge is 2.04. The summed E-state index contributed by atoms with van der Waals surface area (Å²) in [7, 11) is 0. The molecule has 6 heteroatoms. The molecule has 0 saturated heterocycles. The van der Waals surface area contributed by atoms with Crippen molar-refractivity contribution in [1.82, 2.24) is 10.9 Å². The number of benzene rings is 4. The summed E-state index contributed by atoms with van der Waals surface area (Å²) < 4.78 is 0. The average molecular weight is 489 g/mol. The molecule has 6 nitrogen and oxygen atoms in total. The van der Waals surface area contributed by atoms with E-state index in [1.165, 1.54) is 0 Å². The van der Waals surface area contributed by atoms with Crippen LogP contribution in [-0.4, -0.2) is 24.2 Å². The van der Waals surface area contributed by atoms with Crippen LogP contribution in [0.25, 0.3) is 22.3 Å². The molecule has 37 heavy (non-hydrogen) atoms. The van der Waals surface area contributed by atoms with Crippen LogP contribution in [0.5, 0.6) is 0 Å². The van der Waals surface area contributed by atoms with Crippen molar-refractivity contribution in [2.45, 2.75) is 19.3 Å². The fourth-order valence-corrected chi connectivity index (χ4v) is 3.66. The Balaban J connectivity index is 1.13. The van der Waals surface area contributed by atoms with Crippen molar-refractivity contribution in [2.24, 2.45) is 10.2 Å². The molecule has 0 fully saturated rings. The highest BCUT2D eigenvalue weighted by Crippen LogP contribution is 2.19. The zero-order chi connectivity index (χ0) is 25.7. The quantitative estimate of drug-likeness (QED) is 0.219. The minimum Gasteiger partial charge on any atom is -0.273 e. The van der Waals surface area contributed by atoms with Crippen molar-refractivity contribution in [3.63, 3.8) is 0 Å². The molecule has 0 heterocycles. The minimum absolute atomic E-state index is 0.197. The second-order valence-corrected chi connectivity index (χ2v) is 8.42. The molecule has 4 aromatic carbocycles. The van der Waals surface area contributed by atoms with Gasteiger partial charge >= 0.3 is 0 Å². The van der Waals surface area contributed by atoms with E-state index in [-0.39, 0.29) is 24.7 Å². The number of hydrogen-bond acceptors (Lipinski definition) is 4. The summed E-state index contributed by atoms with van der Waals surface area (Å²) in [6.07, 6.45) is 3.99. The summed E-state index contributed by atoms with van der Waals surface area (Å²) in [6.45, 7) is 0. The van der Waals surface area contributed by atoms with Crippen molar-refractivity contribution in [3.05, 3.63) is 120 Å². The maximum atomic E-state index is 12.0. The van der Waals surface area contributed by atoms with Gasteiger partial charge in [0.1, 0.15) is 0 Å². The zero-order valence-electron chi connectivity index (χ0n) is 20.4. The molecule has 0 aliphatic heterocycles. The van der Waals surface area contributed by atoms with Crippen LogP contribution in [0, 0.1) is 0 Å². The van der Waals surface area contributed by atoms with E-state index in [1.807, 2.05) is 84.9 Å². The lowest BCUT2D eigenvalue weighted by Crippen LogP contribution is -2.20. The summed E-state index contributed by atoms with van der Waals surface area (Å²) in [5.41, 5.74) is 11.3. The number of carbonyl (C=O) groups is 2. The first kappa shape index (κ1) is 25.3. The van der Waals surface area contributed by atoms with Crippen molar-refractivity contribution >= 4 is 24.2 Å². The molecule has 0 aliphatic rings. The largest absolute Gasteiger partial charge is 0.273 e. The molecule has 0 saturated carbocycles. The Morgan fingerprint density at radius 2 is 0.865 bits per heavy atom. The van der Waals surface area contributed by atoms with Crippen LogP contribution in [0.1, 0.15) is 30.4 Å². The van der Waals surface area contributed by atoms with Gasteiger partial charge in [0.15, 0.2) is 0 Å². The van der Waals surface area contributed by atoms with Gasteiger partial charge in [-0.05, 0) is 39.8 Å². The van der Waals surface area contributed by atoms with E-state index >= 15 is 0 Å². The maximum Gasteiger partial charge on any atom is 0.240 e. The van der Waals surface area contributed by atoms with Gasteiger partial charge in [0.05, 0.1) is 12.4 Å². The molecule has 4 aromatic rings. The van der Waals surface area contributed by atoms with Crippen LogP contribution in [0.15, 0.2) is 119 Å². The lowest BCUT2D eigenvalue weighted by atomic mass is 10.0. The predicted molar refractivity (Wildman–Crippen MR) is 149 cm³/mol. The number of hydrazone groups is 2. The van der Waals surface area contributed by atoms with Crippen molar-refractivity contribution < 1.29 is 9.59 Å². The predicted octanol–water partition coefficient (Wildman–Crippen LogP) is 5.79. The van der Waals surface area contributed by atoms with Crippen molar-refractivity contribution in [3.8, 4) is 22.3 Å². The van der Waals surface area contributed by atoms with E-state index in [4.69, 9.17) is 0 Å². The summed E-state index contributed by atoms with van der Waals surface area (Å²) in [5, 5.41) is 8.00. The Morgan fingerprint density at radius 1 is 0.514 bits per heavy atom. The molecule has 0 atom stereocenters. The van der Waals surface area contributed by atoms with Crippen LogP contribution < -0.4 is 10.9 Å². The van der Waals surface area contributed by atoms with Gasteiger partial charge in [0, 0.05) is 12.8 Å². The third kappa shape index (κ3) is 8.11. The van der Waals surface area contributed by atoms with Crippen LogP contribution in [0.2, 0.25) is 0 Å². The molecule has 0 unspecified atom stereocenters. The normalized spacial score (nSPS) is 11.0. The van der Waals surface area contributed by atoms with E-state index in [0.717, 1.165) is 33.4 Å². The molecule has 0 aromatic heterocycles. The second kappa shape index (κ2) is 13.3. The third-order valence-corrected chi connectivity index (χ3v) is 5.65. The molecular formula is C31H28N4O2. The molecule has 2 N–H and O–H groups in total. The van der Waals surface area contributed by atoms with Gasteiger partial charge < -0.3 is 0 Å². The van der Waals surface area contributed by atoms with Gasteiger partial charge in [-0.2, -0.15) is 10.2 Å². The molecule has 2 amide bonds. The van der Waals surface area contributed by atoms with Crippen molar-refractivity contribution in [1.29, 1.82) is 0 Å². The van der Waals surface area contributed by atoms with E-state index in [2.05, 4.69) is 45.3 Å². The maximum absolute atomic E-state index is 12.0. The fraction of sp³-hybridized carbons (Fsp3) is 0.0968. The highest BCUT2D eigenvalue weighted by molar-refractivity contribution is 5.85. The first-order valence-corrected chi connectivity index (χ1v) is 12.1. The van der Waals surface area contributed by atoms with Gasteiger partial charge in [-0.25, -0.2) is 10.9 Å². The standard InChI is InChI=1S/C31H28N4O2/c36-30(34-32-22-24-14-18-28(19-15-24)26-8-3-1-4-9-26)12-7-13-31(37)35-33-23-25-16-20-29(21-17-25)27-10-5-2-6-11-27/h1-6,8-11,14-23H,7,12-13H2,(H,34,36)(H,35,37). The highest BCUT2D eigenvalue weighted by atomic mass is 16.2. The van der Waals surface area contributed by atoms with Crippen LogP contribution in [0.3, 0.4) is 0 Å². The van der Waals surface area contributed by atoms with Gasteiger partial charge in [0.25, 0.3) is 0 Å². The molecular weight excluding hydrogens is 460 g/mol. The second-order valence-electron chi connectivity index (χ2n) is 8.42.